The normalized spacial score (nSPS) is 23.3. The van der Waals surface area contributed by atoms with E-state index in [2.05, 4.69) is 25.9 Å². The highest BCUT2D eigenvalue weighted by atomic mass is 32.2. The average molecular weight is 575 g/mol. The lowest BCUT2D eigenvalue weighted by Gasteiger charge is -2.49. The standard InChI is InChI=1S/C22H26N10O5S2/c1-37-29-15(12-10-39-22(24)26-12)18(33)27-16-19(34)32-17(21(35)36)11(9-38-20(16)32)8-30-6-7-31-14(30)3-2-13(28-31)25-5-4-23/h3,6-7,10,16,20H,2,4-5,8-9,23H2,1H3,(H2,24,26)(H,25,28)(H,27,33)(H,35,36)/t16-,20-/m0/s1. The molecule has 0 saturated carbocycles. The molecule has 39 heavy (non-hydrogen) atoms. The van der Waals surface area contributed by atoms with Gasteiger partial charge >= 0.3 is 5.97 Å². The lowest BCUT2D eigenvalue weighted by Crippen LogP contribution is -2.71. The molecule has 2 atom stereocenters. The van der Waals surface area contributed by atoms with E-state index in [1.165, 1.54) is 23.8 Å². The molecule has 0 spiro atoms. The van der Waals surface area contributed by atoms with Crippen molar-refractivity contribution in [2.24, 2.45) is 15.9 Å². The highest BCUT2D eigenvalue weighted by Crippen LogP contribution is 2.41. The molecule has 4 aliphatic heterocycles. The van der Waals surface area contributed by atoms with Crippen molar-refractivity contribution in [2.45, 2.75) is 17.8 Å². The number of carboxylic acids is 1. The molecule has 0 radical (unpaired) electrons. The number of carboxylic acid groups (broad SMARTS) is 1. The third kappa shape index (κ3) is 5.02. The Morgan fingerprint density at radius 3 is 2.90 bits per heavy atom. The zero-order valence-electron chi connectivity index (χ0n) is 20.7. The Hall–Kier alpha value is -4.09. The van der Waals surface area contributed by atoms with Crippen molar-refractivity contribution in [3.8, 4) is 0 Å². The number of aliphatic imine (C=N–C) groups is 1. The first-order valence-electron chi connectivity index (χ1n) is 11.8. The maximum absolute atomic E-state index is 13.1. The van der Waals surface area contributed by atoms with Crippen molar-refractivity contribution in [1.82, 2.24) is 30.5 Å². The highest BCUT2D eigenvalue weighted by Gasteiger charge is 2.54. The summed E-state index contributed by atoms with van der Waals surface area (Å²) in [7, 11) is 1.28. The van der Waals surface area contributed by atoms with Gasteiger partial charge in [-0.05, 0) is 11.6 Å². The van der Waals surface area contributed by atoms with Crippen LogP contribution in [0.1, 0.15) is 12.1 Å². The van der Waals surface area contributed by atoms with Crippen LogP contribution in [0.25, 0.3) is 0 Å². The molecular weight excluding hydrogens is 548 g/mol. The summed E-state index contributed by atoms with van der Waals surface area (Å²) in [4.78, 5) is 54.7. The van der Waals surface area contributed by atoms with E-state index >= 15 is 0 Å². The number of thioether (sulfide) groups is 1. The molecule has 1 aromatic rings. The van der Waals surface area contributed by atoms with Gasteiger partial charge in [0.1, 0.15) is 41.6 Å². The number of carbonyl (C=O) groups is 3. The number of hydrazine groups is 1. The summed E-state index contributed by atoms with van der Waals surface area (Å²) in [6.45, 7) is 1.25. The Morgan fingerprint density at radius 2 is 2.21 bits per heavy atom. The molecule has 5 heterocycles. The fraction of sp³-hybridized carbons (Fsp3) is 0.364. The van der Waals surface area contributed by atoms with Gasteiger partial charge in [0.15, 0.2) is 10.8 Å². The number of aromatic nitrogens is 1. The summed E-state index contributed by atoms with van der Waals surface area (Å²) < 4.78 is 0. The molecule has 7 N–H and O–H groups in total. The number of aliphatic carboxylic acids is 1. The van der Waals surface area contributed by atoms with Crippen LogP contribution < -0.4 is 22.2 Å². The van der Waals surface area contributed by atoms with Crippen molar-refractivity contribution < 1.29 is 24.3 Å². The van der Waals surface area contributed by atoms with Crippen molar-refractivity contribution >= 4 is 57.6 Å². The maximum atomic E-state index is 13.1. The van der Waals surface area contributed by atoms with E-state index < -0.39 is 29.2 Å². The van der Waals surface area contributed by atoms with Crippen LogP contribution in [0.4, 0.5) is 5.13 Å². The monoisotopic (exact) mass is 574 g/mol. The molecule has 2 amide bonds. The molecule has 1 saturated heterocycles. The second-order valence-electron chi connectivity index (χ2n) is 8.60. The zero-order chi connectivity index (χ0) is 27.7. The van der Waals surface area contributed by atoms with E-state index in [1.807, 2.05) is 23.4 Å². The number of amidine groups is 1. The predicted molar refractivity (Wildman–Crippen MR) is 145 cm³/mol. The quantitative estimate of drug-likeness (QED) is 0.137. The van der Waals surface area contributed by atoms with Crippen LogP contribution in [0.5, 0.6) is 0 Å². The number of carbonyl (C=O) groups excluding carboxylic acids is 2. The molecule has 1 aromatic heterocycles. The van der Waals surface area contributed by atoms with Gasteiger partial charge in [0.05, 0.1) is 6.54 Å². The van der Waals surface area contributed by atoms with Crippen molar-refractivity contribution in [2.75, 3.05) is 38.2 Å². The number of rotatable bonds is 9. The van der Waals surface area contributed by atoms with Gasteiger partial charge in [0.25, 0.3) is 11.8 Å². The van der Waals surface area contributed by atoms with Crippen LogP contribution in [0.15, 0.2) is 51.1 Å². The minimum absolute atomic E-state index is 0.0753. The zero-order valence-corrected chi connectivity index (χ0v) is 22.4. The third-order valence-corrected chi connectivity index (χ3v) is 8.17. The lowest BCUT2D eigenvalue weighted by molar-refractivity contribution is -0.150. The number of hydrogen-bond donors (Lipinski definition) is 5. The number of hydrogen-bond acceptors (Lipinski definition) is 13. The summed E-state index contributed by atoms with van der Waals surface area (Å²) >= 11 is 2.51. The maximum Gasteiger partial charge on any atom is 0.352 e. The van der Waals surface area contributed by atoms with E-state index in [0.717, 1.165) is 23.0 Å². The molecule has 0 aliphatic carbocycles. The molecular formula is C22H26N10O5S2. The Morgan fingerprint density at radius 1 is 1.38 bits per heavy atom. The van der Waals surface area contributed by atoms with E-state index in [0.29, 0.717) is 30.8 Å². The summed E-state index contributed by atoms with van der Waals surface area (Å²) in [6.07, 6.45) is 6.22. The number of fused-ring (bicyclic) bond motifs is 2. The summed E-state index contributed by atoms with van der Waals surface area (Å²) in [6, 6.07) is -0.935. The fourth-order valence-corrected chi connectivity index (χ4v) is 6.35. The predicted octanol–water partition coefficient (Wildman–Crippen LogP) is -0.990. The number of β-lactam (4-membered cyclic amide) rings is 1. The first kappa shape index (κ1) is 26.5. The fourth-order valence-electron chi connectivity index (χ4n) is 4.47. The van der Waals surface area contributed by atoms with Crippen LogP contribution in [-0.4, -0.2) is 98.1 Å². The highest BCUT2D eigenvalue weighted by molar-refractivity contribution is 8.00. The largest absolute Gasteiger partial charge is 0.477 e. The van der Waals surface area contributed by atoms with E-state index in [1.54, 1.807) is 10.4 Å². The number of thiazole rings is 1. The third-order valence-electron chi connectivity index (χ3n) is 6.16. The van der Waals surface area contributed by atoms with Gasteiger partial charge in [0.2, 0.25) is 0 Å². The van der Waals surface area contributed by atoms with Gasteiger partial charge in [-0.3, -0.25) is 24.9 Å². The summed E-state index contributed by atoms with van der Waals surface area (Å²) in [5.41, 5.74) is 15.0. The molecule has 0 unspecified atom stereocenters. The minimum Gasteiger partial charge on any atom is -0.477 e. The molecule has 17 heteroatoms. The Balaban J connectivity index is 1.30. The van der Waals surface area contributed by atoms with Crippen LogP contribution >= 0.6 is 23.1 Å². The molecule has 0 aromatic carbocycles. The number of oxime groups is 1. The first-order valence-corrected chi connectivity index (χ1v) is 13.7. The van der Waals surface area contributed by atoms with E-state index in [9.17, 15) is 19.5 Å². The van der Waals surface area contributed by atoms with Crippen molar-refractivity contribution in [3.63, 3.8) is 0 Å². The summed E-state index contributed by atoms with van der Waals surface area (Å²) in [5.74, 6) is -0.436. The number of anilines is 1. The number of nitrogen functional groups attached to an aromatic ring is 1. The second kappa shape index (κ2) is 11.0. The molecule has 0 bridgehead atoms. The van der Waals surface area contributed by atoms with Crippen LogP contribution in [0, 0.1) is 0 Å². The number of nitrogens with zero attached hydrogens (tertiary/aromatic N) is 6. The van der Waals surface area contributed by atoms with Gasteiger partial charge in [-0.1, -0.05) is 5.16 Å². The van der Waals surface area contributed by atoms with Gasteiger partial charge in [0, 0.05) is 43.0 Å². The minimum atomic E-state index is -1.21. The number of amides is 2. The van der Waals surface area contributed by atoms with Gasteiger partial charge in [-0.2, -0.15) is 0 Å². The smallest absolute Gasteiger partial charge is 0.352 e. The van der Waals surface area contributed by atoms with Gasteiger partial charge < -0.3 is 31.6 Å². The van der Waals surface area contributed by atoms with Crippen molar-refractivity contribution in [1.29, 1.82) is 0 Å². The van der Waals surface area contributed by atoms with Gasteiger partial charge in [-0.25, -0.2) is 14.8 Å². The molecule has 4 aliphatic rings. The second-order valence-corrected chi connectivity index (χ2v) is 10.6. The van der Waals surface area contributed by atoms with E-state index in [4.69, 9.17) is 16.3 Å². The van der Waals surface area contributed by atoms with E-state index in [-0.39, 0.29) is 28.8 Å². The Bertz CT molecular complexity index is 1350. The average Bonchev–Trinajstić information content (AvgIpc) is 3.54. The SMILES string of the molecule is CON=C(C(=O)N[C@H]1C(=O)N2C(C(=O)O)=C(CN3C=CN4NC(=NCCN)CC=C34)CS[C@@H]12)c1csc(N)n1. The Labute approximate surface area is 230 Å². The van der Waals surface area contributed by atoms with Gasteiger partial charge in [-0.15, -0.1) is 23.1 Å². The van der Waals surface area contributed by atoms with Crippen LogP contribution in [0.2, 0.25) is 0 Å². The molecule has 206 valence electrons. The molecule has 15 nitrogen and oxygen atoms in total. The summed E-state index contributed by atoms with van der Waals surface area (Å²) in [5, 5.41) is 19.4. The van der Waals surface area contributed by atoms with Crippen molar-refractivity contribution in [3.05, 3.63) is 46.6 Å². The first-order chi connectivity index (χ1) is 18.8. The van der Waals surface area contributed by atoms with Crippen LogP contribution in [-0.2, 0) is 19.2 Å². The molecule has 1 fully saturated rings. The topological polar surface area (TPSA) is 204 Å². The van der Waals surface area contributed by atoms with Crippen LogP contribution in [0.3, 0.4) is 0 Å². The number of nitrogens with two attached hydrogens (primary N) is 2. The Kier molecular flexibility index (Phi) is 7.45. The lowest BCUT2D eigenvalue weighted by atomic mass is 10.0. The molecule has 5 rings (SSSR count). The number of nitrogens with one attached hydrogen (secondary N) is 2.